The van der Waals surface area contributed by atoms with E-state index in [1.54, 1.807) is 0 Å². The molecular formula is C16H32O10. The minimum absolute atomic E-state index is 0.154. The summed E-state index contributed by atoms with van der Waals surface area (Å²) < 4.78 is 10.5. The van der Waals surface area contributed by atoms with Crippen molar-refractivity contribution in [3.05, 3.63) is 0 Å². The first-order chi connectivity index (χ1) is 11.9. The molecule has 0 saturated carbocycles. The van der Waals surface area contributed by atoms with Gasteiger partial charge in [0.05, 0.1) is 19.3 Å². The maximum atomic E-state index is 10.4. The minimum Gasteiger partial charge on any atom is -0.394 e. The van der Waals surface area contributed by atoms with Crippen molar-refractivity contribution in [1.82, 2.24) is 0 Å². The topological polar surface area (TPSA) is 180 Å². The molecule has 0 aromatic heterocycles. The number of aliphatic hydroxyl groups is 8. The highest BCUT2D eigenvalue weighted by Gasteiger charge is 2.46. The van der Waals surface area contributed by atoms with Crippen molar-refractivity contribution in [1.29, 1.82) is 0 Å². The number of aliphatic hydroxyl groups excluding tert-OH is 8. The first-order valence-electron chi connectivity index (χ1n) is 8.54. The predicted octanol–water partition coefficient (Wildman–Crippen LogP) is -3.32. The van der Waals surface area contributed by atoms with Crippen LogP contribution in [-0.4, -0.2) is 109 Å². The second-order valence-corrected chi connectivity index (χ2v) is 7.87. The van der Waals surface area contributed by atoms with Gasteiger partial charge < -0.3 is 50.3 Å². The standard InChI is InChI=1S/C16H32O10/c1-16(2,3)4-7(19)10(21)14(8(20)5-17)26-15-13(24)12(23)11(22)9(6-18)25-15/h7-15,17-24H,4-6H2,1-3H3/t7-,8+,9+,10+,11+,12-,13+,14+,15-/m0/s1. The number of ether oxygens (including phenoxy) is 2. The molecule has 1 saturated heterocycles. The lowest BCUT2D eigenvalue weighted by atomic mass is 9.86. The highest BCUT2D eigenvalue weighted by molar-refractivity contribution is 4.91. The summed E-state index contributed by atoms with van der Waals surface area (Å²) in [7, 11) is 0. The van der Waals surface area contributed by atoms with Gasteiger partial charge in [-0.2, -0.15) is 0 Å². The highest BCUT2D eigenvalue weighted by Crippen LogP contribution is 2.27. The predicted molar refractivity (Wildman–Crippen MR) is 87.8 cm³/mol. The van der Waals surface area contributed by atoms with Gasteiger partial charge in [-0.3, -0.25) is 0 Å². The summed E-state index contributed by atoms with van der Waals surface area (Å²) in [6.07, 6.45) is -13.9. The van der Waals surface area contributed by atoms with Gasteiger partial charge in [-0.25, -0.2) is 0 Å². The Balaban J connectivity index is 2.93. The van der Waals surface area contributed by atoms with Crippen molar-refractivity contribution in [2.24, 2.45) is 5.41 Å². The largest absolute Gasteiger partial charge is 0.394 e. The zero-order valence-electron chi connectivity index (χ0n) is 15.2. The van der Waals surface area contributed by atoms with Gasteiger partial charge >= 0.3 is 0 Å². The van der Waals surface area contributed by atoms with Gasteiger partial charge in [-0.15, -0.1) is 0 Å². The Morgan fingerprint density at radius 1 is 0.923 bits per heavy atom. The summed E-state index contributed by atoms with van der Waals surface area (Å²) in [5.74, 6) is 0. The molecule has 1 heterocycles. The third kappa shape index (κ3) is 6.06. The molecule has 1 aliphatic rings. The van der Waals surface area contributed by atoms with Crippen molar-refractivity contribution in [2.75, 3.05) is 13.2 Å². The Kier molecular flexibility index (Phi) is 8.81. The molecular weight excluding hydrogens is 352 g/mol. The van der Waals surface area contributed by atoms with Crippen molar-refractivity contribution < 1.29 is 50.3 Å². The Hall–Kier alpha value is -0.400. The van der Waals surface area contributed by atoms with Crippen LogP contribution < -0.4 is 0 Å². The van der Waals surface area contributed by atoms with Crippen LogP contribution in [0.5, 0.6) is 0 Å². The fourth-order valence-electron chi connectivity index (χ4n) is 2.80. The van der Waals surface area contributed by atoms with Crippen LogP contribution in [0.4, 0.5) is 0 Å². The molecule has 0 aromatic carbocycles. The first kappa shape index (κ1) is 23.6. The van der Waals surface area contributed by atoms with Gasteiger partial charge in [0.25, 0.3) is 0 Å². The molecule has 156 valence electrons. The fourth-order valence-corrected chi connectivity index (χ4v) is 2.80. The molecule has 1 aliphatic heterocycles. The molecule has 10 heteroatoms. The van der Waals surface area contributed by atoms with Crippen LogP contribution in [0.25, 0.3) is 0 Å². The lowest BCUT2D eigenvalue weighted by Crippen LogP contribution is -2.61. The van der Waals surface area contributed by atoms with Crippen LogP contribution in [-0.2, 0) is 9.47 Å². The highest BCUT2D eigenvalue weighted by atomic mass is 16.7. The van der Waals surface area contributed by atoms with E-state index >= 15 is 0 Å². The van der Waals surface area contributed by atoms with Gasteiger partial charge in [0.15, 0.2) is 6.29 Å². The lowest BCUT2D eigenvalue weighted by molar-refractivity contribution is -0.327. The van der Waals surface area contributed by atoms with E-state index in [0.717, 1.165) is 0 Å². The van der Waals surface area contributed by atoms with E-state index < -0.39 is 68.3 Å². The van der Waals surface area contributed by atoms with Crippen molar-refractivity contribution in [3.63, 3.8) is 0 Å². The maximum Gasteiger partial charge on any atom is 0.187 e. The van der Waals surface area contributed by atoms with E-state index in [1.807, 2.05) is 20.8 Å². The molecule has 0 bridgehead atoms. The summed E-state index contributed by atoms with van der Waals surface area (Å²) in [4.78, 5) is 0. The zero-order chi connectivity index (χ0) is 20.2. The molecule has 0 radical (unpaired) electrons. The van der Waals surface area contributed by atoms with Crippen LogP contribution >= 0.6 is 0 Å². The molecule has 8 N–H and O–H groups in total. The SMILES string of the molecule is CC(C)(C)C[C@H](O)[C@@H](O)[C@H](O[C@@H]1O[C@H](CO)[C@@H](O)[C@H](O)[C@H]1O)[C@H](O)CO. The van der Waals surface area contributed by atoms with Crippen LogP contribution in [0.15, 0.2) is 0 Å². The van der Waals surface area contributed by atoms with Crippen molar-refractivity contribution >= 4 is 0 Å². The average Bonchev–Trinajstić information content (AvgIpc) is 2.56. The summed E-state index contributed by atoms with van der Waals surface area (Å²) in [6, 6.07) is 0. The molecule has 0 amide bonds. The van der Waals surface area contributed by atoms with Gasteiger partial charge in [-0.1, -0.05) is 20.8 Å². The number of hydrogen-bond acceptors (Lipinski definition) is 10. The maximum absolute atomic E-state index is 10.4. The summed E-state index contributed by atoms with van der Waals surface area (Å²) >= 11 is 0. The normalized spacial score (nSPS) is 35.0. The van der Waals surface area contributed by atoms with Crippen LogP contribution in [0.3, 0.4) is 0 Å². The van der Waals surface area contributed by atoms with E-state index in [2.05, 4.69) is 0 Å². The summed E-state index contributed by atoms with van der Waals surface area (Å²) in [5, 5.41) is 78.4. The molecule has 1 fully saturated rings. The average molecular weight is 384 g/mol. The van der Waals surface area contributed by atoms with Gasteiger partial charge in [0, 0.05) is 0 Å². The van der Waals surface area contributed by atoms with Gasteiger partial charge in [0.2, 0.25) is 0 Å². The Morgan fingerprint density at radius 2 is 1.50 bits per heavy atom. The van der Waals surface area contributed by atoms with E-state index in [9.17, 15) is 40.9 Å². The zero-order valence-corrected chi connectivity index (χ0v) is 15.2. The van der Waals surface area contributed by atoms with E-state index in [-0.39, 0.29) is 11.8 Å². The number of hydrogen-bond donors (Lipinski definition) is 8. The van der Waals surface area contributed by atoms with Gasteiger partial charge in [0.1, 0.15) is 42.7 Å². The molecule has 9 atom stereocenters. The first-order valence-corrected chi connectivity index (χ1v) is 8.54. The van der Waals surface area contributed by atoms with Crippen LogP contribution in [0.1, 0.15) is 27.2 Å². The Labute approximate surface area is 152 Å². The molecule has 0 aromatic rings. The van der Waals surface area contributed by atoms with Crippen molar-refractivity contribution in [3.8, 4) is 0 Å². The van der Waals surface area contributed by atoms with E-state index in [1.165, 1.54) is 0 Å². The second-order valence-electron chi connectivity index (χ2n) is 7.87. The molecule has 26 heavy (non-hydrogen) atoms. The molecule has 1 rings (SSSR count). The molecule has 0 aliphatic carbocycles. The smallest absolute Gasteiger partial charge is 0.187 e. The summed E-state index contributed by atoms with van der Waals surface area (Å²) in [5.41, 5.74) is -0.349. The lowest BCUT2D eigenvalue weighted by Gasteiger charge is -2.42. The second kappa shape index (κ2) is 9.69. The number of rotatable bonds is 8. The van der Waals surface area contributed by atoms with E-state index in [0.29, 0.717) is 0 Å². The van der Waals surface area contributed by atoms with Crippen molar-refractivity contribution in [2.45, 2.75) is 82.3 Å². The van der Waals surface area contributed by atoms with Gasteiger partial charge in [-0.05, 0) is 11.8 Å². The molecule has 0 spiro atoms. The third-order valence-corrected chi connectivity index (χ3v) is 4.26. The van der Waals surface area contributed by atoms with Crippen LogP contribution in [0, 0.1) is 5.41 Å². The summed E-state index contributed by atoms with van der Waals surface area (Å²) in [6.45, 7) is 4.02. The van der Waals surface area contributed by atoms with Crippen LogP contribution in [0.2, 0.25) is 0 Å². The Bertz CT molecular complexity index is 412. The monoisotopic (exact) mass is 384 g/mol. The molecule has 10 nitrogen and oxygen atoms in total. The molecule has 0 unspecified atom stereocenters. The fraction of sp³-hybridized carbons (Fsp3) is 1.00. The minimum atomic E-state index is -1.74. The Morgan fingerprint density at radius 3 is 1.96 bits per heavy atom. The quantitative estimate of drug-likeness (QED) is 0.211. The van der Waals surface area contributed by atoms with E-state index in [4.69, 9.17) is 9.47 Å². The third-order valence-electron chi connectivity index (χ3n) is 4.26.